The van der Waals surface area contributed by atoms with Crippen LogP contribution < -0.4 is 4.74 Å². The van der Waals surface area contributed by atoms with Crippen molar-refractivity contribution in [2.75, 3.05) is 20.6 Å². The van der Waals surface area contributed by atoms with Crippen molar-refractivity contribution in [2.45, 2.75) is 19.4 Å². The lowest BCUT2D eigenvalue weighted by Gasteiger charge is -2.14. The largest absolute Gasteiger partial charge is 0.489 e. The molecule has 0 N–H and O–H groups in total. The standard InChI is InChI=1S/C18H20BrCl2NO/c1-22(2)9-3-4-13-10-15(19)6-8-18(13)23-12-14-5-7-16(20)11-17(14)21/h5-8,10-11H,3-4,9,12H2,1-2H3. The number of aryl methyl sites for hydroxylation is 1. The molecule has 2 aromatic carbocycles. The fourth-order valence-corrected chi connectivity index (χ4v) is 3.14. The van der Waals surface area contributed by atoms with E-state index in [2.05, 4.69) is 41.0 Å². The van der Waals surface area contributed by atoms with Crippen LogP contribution in [0.3, 0.4) is 0 Å². The summed E-state index contributed by atoms with van der Waals surface area (Å²) in [4.78, 5) is 2.19. The minimum Gasteiger partial charge on any atom is -0.489 e. The molecule has 0 spiro atoms. The zero-order chi connectivity index (χ0) is 16.8. The van der Waals surface area contributed by atoms with Gasteiger partial charge in [0.1, 0.15) is 12.4 Å². The van der Waals surface area contributed by atoms with Crippen LogP contribution in [0.4, 0.5) is 0 Å². The number of rotatable bonds is 7. The van der Waals surface area contributed by atoms with Crippen molar-refractivity contribution in [1.29, 1.82) is 0 Å². The Labute approximate surface area is 156 Å². The molecule has 0 saturated heterocycles. The molecule has 0 bridgehead atoms. The average Bonchev–Trinajstić information content (AvgIpc) is 2.47. The maximum atomic E-state index is 6.20. The van der Waals surface area contributed by atoms with Crippen LogP contribution in [0.5, 0.6) is 5.75 Å². The number of benzene rings is 2. The molecule has 0 aliphatic rings. The van der Waals surface area contributed by atoms with Gasteiger partial charge in [-0.2, -0.15) is 0 Å². The highest BCUT2D eigenvalue weighted by atomic mass is 79.9. The van der Waals surface area contributed by atoms with Gasteiger partial charge in [0.2, 0.25) is 0 Å². The molecule has 0 atom stereocenters. The van der Waals surface area contributed by atoms with Crippen LogP contribution in [0.2, 0.25) is 10.0 Å². The van der Waals surface area contributed by atoms with Crippen molar-refractivity contribution in [3.8, 4) is 5.75 Å². The van der Waals surface area contributed by atoms with Crippen LogP contribution >= 0.6 is 39.1 Å². The van der Waals surface area contributed by atoms with Crippen LogP contribution in [0.15, 0.2) is 40.9 Å². The van der Waals surface area contributed by atoms with Crippen molar-refractivity contribution in [3.05, 3.63) is 62.0 Å². The van der Waals surface area contributed by atoms with E-state index in [0.717, 1.165) is 35.2 Å². The molecule has 0 heterocycles. The molecule has 5 heteroatoms. The van der Waals surface area contributed by atoms with E-state index >= 15 is 0 Å². The molecule has 124 valence electrons. The number of hydrogen-bond donors (Lipinski definition) is 0. The van der Waals surface area contributed by atoms with Crippen molar-refractivity contribution < 1.29 is 4.74 Å². The lowest BCUT2D eigenvalue weighted by molar-refractivity contribution is 0.302. The molecule has 2 aromatic rings. The Morgan fingerprint density at radius 2 is 1.83 bits per heavy atom. The zero-order valence-electron chi connectivity index (χ0n) is 13.3. The predicted octanol–water partition coefficient (Wildman–Crippen LogP) is 5.83. The van der Waals surface area contributed by atoms with Gasteiger partial charge in [-0.3, -0.25) is 0 Å². The van der Waals surface area contributed by atoms with Crippen LogP contribution in [0.1, 0.15) is 17.5 Å². The smallest absolute Gasteiger partial charge is 0.123 e. The zero-order valence-corrected chi connectivity index (χ0v) is 16.4. The normalized spacial score (nSPS) is 11.0. The molecule has 0 saturated carbocycles. The van der Waals surface area contributed by atoms with Crippen molar-refractivity contribution in [2.24, 2.45) is 0 Å². The first-order valence-corrected chi connectivity index (χ1v) is 9.00. The summed E-state index contributed by atoms with van der Waals surface area (Å²) in [5, 5.41) is 1.26. The summed E-state index contributed by atoms with van der Waals surface area (Å²) in [5.41, 5.74) is 2.13. The van der Waals surface area contributed by atoms with Gasteiger partial charge in [0.15, 0.2) is 0 Å². The van der Waals surface area contributed by atoms with Crippen molar-refractivity contribution in [3.63, 3.8) is 0 Å². The molecule has 0 aromatic heterocycles. The molecule has 0 amide bonds. The van der Waals surface area contributed by atoms with Gasteiger partial charge in [0.25, 0.3) is 0 Å². The van der Waals surface area contributed by atoms with E-state index in [-0.39, 0.29) is 0 Å². The first-order chi connectivity index (χ1) is 11.0. The van der Waals surface area contributed by atoms with Gasteiger partial charge in [-0.05, 0) is 69.4 Å². The SMILES string of the molecule is CN(C)CCCc1cc(Br)ccc1OCc1ccc(Cl)cc1Cl. The number of nitrogens with zero attached hydrogens (tertiary/aromatic N) is 1. The molecule has 0 aliphatic heterocycles. The van der Waals surface area contributed by atoms with E-state index < -0.39 is 0 Å². The van der Waals surface area contributed by atoms with E-state index in [1.54, 1.807) is 6.07 Å². The maximum Gasteiger partial charge on any atom is 0.123 e. The summed E-state index contributed by atoms with van der Waals surface area (Å²) in [5.74, 6) is 0.901. The quantitative estimate of drug-likeness (QED) is 0.562. The molecule has 2 nitrogen and oxygen atoms in total. The first-order valence-electron chi connectivity index (χ1n) is 7.45. The van der Waals surface area contributed by atoms with Crippen molar-refractivity contribution >= 4 is 39.1 Å². The Balaban J connectivity index is 2.06. The summed E-state index contributed by atoms with van der Waals surface area (Å²) in [7, 11) is 4.17. The summed E-state index contributed by atoms with van der Waals surface area (Å²) >= 11 is 15.7. The summed E-state index contributed by atoms with van der Waals surface area (Å²) < 4.78 is 7.06. The number of ether oxygens (including phenoxy) is 1. The minimum atomic E-state index is 0.429. The summed E-state index contributed by atoms with van der Waals surface area (Å²) in [6.07, 6.45) is 2.06. The van der Waals surface area contributed by atoms with Crippen LogP contribution in [0, 0.1) is 0 Å². The lowest BCUT2D eigenvalue weighted by Crippen LogP contribution is -2.13. The molecule has 0 radical (unpaired) electrons. The fraction of sp³-hybridized carbons (Fsp3) is 0.333. The molecule has 0 unspecified atom stereocenters. The predicted molar refractivity (Wildman–Crippen MR) is 102 cm³/mol. The van der Waals surface area contributed by atoms with E-state index in [1.807, 2.05) is 24.3 Å². The van der Waals surface area contributed by atoms with Crippen LogP contribution in [-0.2, 0) is 13.0 Å². The second kappa shape index (κ2) is 8.93. The fourth-order valence-electron chi connectivity index (χ4n) is 2.26. The van der Waals surface area contributed by atoms with Crippen LogP contribution in [0.25, 0.3) is 0 Å². The summed E-state index contributed by atoms with van der Waals surface area (Å²) in [6.45, 7) is 1.48. The van der Waals surface area contributed by atoms with E-state index in [4.69, 9.17) is 27.9 Å². The van der Waals surface area contributed by atoms with E-state index in [0.29, 0.717) is 16.7 Å². The van der Waals surface area contributed by atoms with Gasteiger partial charge in [0.05, 0.1) is 0 Å². The van der Waals surface area contributed by atoms with Crippen molar-refractivity contribution in [1.82, 2.24) is 4.90 Å². The van der Waals surface area contributed by atoms with Crippen LogP contribution in [-0.4, -0.2) is 25.5 Å². The third-order valence-electron chi connectivity index (χ3n) is 3.47. The first kappa shape index (κ1) is 18.6. The molecule has 23 heavy (non-hydrogen) atoms. The van der Waals surface area contributed by atoms with Gasteiger partial charge < -0.3 is 9.64 Å². The van der Waals surface area contributed by atoms with Gasteiger partial charge in [-0.15, -0.1) is 0 Å². The average molecular weight is 417 g/mol. The highest BCUT2D eigenvalue weighted by Crippen LogP contribution is 2.27. The third-order valence-corrected chi connectivity index (χ3v) is 4.55. The van der Waals surface area contributed by atoms with Gasteiger partial charge >= 0.3 is 0 Å². The molecular weight excluding hydrogens is 397 g/mol. The Morgan fingerprint density at radius 1 is 1.04 bits per heavy atom. The monoisotopic (exact) mass is 415 g/mol. The second-order valence-electron chi connectivity index (χ2n) is 5.68. The highest BCUT2D eigenvalue weighted by molar-refractivity contribution is 9.10. The highest BCUT2D eigenvalue weighted by Gasteiger charge is 2.08. The summed E-state index contributed by atoms with van der Waals surface area (Å²) in [6, 6.07) is 11.6. The van der Waals surface area contributed by atoms with E-state index in [9.17, 15) is 0 Å². The van der Waals surface area contributed by atoms with Gasteiger partial charge in [-0.1, -0.05) is 45.2 Å². The topological polar surface area (TPSA) is 12.5 Å². The molecule has 0 fully saturated rings. The minimum absolute atomic E-state index is 0.429. The molecular formula is C18H20BrCl2NO. The van der Waals surface area contributed by atoms with Gasteiger partial charge in [0, 0.05) is 20.1 Å². The lowest BCUT2D eigenvalue weighted by atomic mass is 10.1. The number of hydrogen-bond acceptors (Lipinski definition) is 2. The maximum absolute atomic E-state index is 6.20. The molecule has 2 rings (SSSR count). The third kappa shape index (κ3) is 6.00. The Hall–Kier alpha value is -0.740. The Kier molecular flexibility index (Phi) is 7.22. The Bertz CT molecular complexity index is 661. The number of halogens is 3. The second-order valence-corrected chi connectivity index (χ2v) is 7.44. The van der Waals surface area contributed by atoms with Gasteiger partial charge in [-0.25, -0.2) is 0 Å². The molecule has 0 aliphatic carbocycles. The Morgan fingerprint density at radius 3 is 2.52 bits per heavy atom. The van der Waals surface area contributed by atoms with E-state index in [1.165, 1.54) is 5.56 Å².